The molecular weight excluding hydrogens is 574 g/mol. The molecule has 4 heteroatoms. The van der Waals surface area contributed by atoms with Crippen molar-refractivity contribution in [1.29, 1.82) is 0 Å². The van der Waals surface area contributed by atoms with Gasteiger partial charge in [-0.25, -0.2) is 0 Å². The molecule has 0 atom stereocenters. The van der Waals surface area contributed by atoms with E-state index in [1.165, 1.54) is 54.1 Å². The number of hydrogen-bond acceptors (Lipinski definition) is 2. The fraction of sp³-hybridized carbons (Fsp3) is 0.100. The normalized spacial score (nSPS) is 13.4. The van der Waals surface area contributed by atoms with Crippen LogP contribution in [-0.2, 0) is 12.8 Å². The van der Waals surface area contributed by atoms with Crippen LogP contribution in [0.25, 0.3) is 11.1 Å². The lowest BCUT2D eigenvalue weighted by Crippen LogP contribution is -2.26. The molecule has 44 heavy (non-hydrogen) atoms. The summed E-state index contributed by atoms with van der Waals surface area (Å²) in [5.74, 6) is 2.06. The summed E-state index contributed by atoms with van der Waals surface area (Å²) in [6, 6.07) is 53.4. The molecule has 2 aliphatic rings. The zero-order valence-corrected chi connectivity index (χ0v) is 26.2. The number of rotatable bonds is 7. The van der Waals surface area contributed by atoms with Gasteiger partial charge in [0.05, 0.1) is 13.2 Å². The highest BCUT2D eigenvalue weighted by atomic mass is 31.1. The van der Waals surface area contributed by atoms with Gasteiger partial charge in [0.1, 0.15) is 11.5 Å². The van der Waals surface area contributed by atoms with Gasteiger partial charge in [0.15, 0.2) is 0 Å². The molecule has 0 aliphatic carbocycles. The van der Waals surface area contributed by atoms with Gasteiger partial charge in [-0.1, -0.05) is 146 Å². The highest BCUT2D eigenvalue weighted by molar-refractivity contribution is 7.80. The highest BCUT2D eigenvalue weighted by Gasteiger charge is 2.34. The van der Waals surface area contributed by atoms with Crippen LogP contribution in [0.2, 0.25) is 0 Å². The molecule has 0 amide bonds. The summed E-state index contributed by atoms with van der Waals surface area (Å²) in [6.07, 6.45) is 1.85. The van der Waals surface area contributed by atoms with Gasteiger partial charge >= 0.3 is 0 Å². The molecule has 0 bridgehead atoms. The van der Waals surface area contributed by atoms with Crippen molar-refractivity contribution < 1.29 is 9.47 Å². The van der Waals surface area contributed by atoms with Crippen molar-refractivity contribution in [3.05, 3.63) is 157 Å². The number of benzene rings is 6. The molecule has 0 saturated carbocycles. The van der Waals surface area contributed by atoms with Crippen molar-refractivity contribution in [1.82, 2.24) is 0 Å². The first-order valence-electron chi connectivity index (χ1n) is 15.2. The van der Waals surface area contributed by atoms with E-state index in [4.69, 9.17) is 9.47 Å². The minimum Gasteiger partial charge on any atom is -0.492 e. The maximum absolute atomic E-state index is 6.61. The van der Waals surface area contributed by atoms with Crippen LogP contribution in [0.4, 0.5) is 0 Å². The molecule has 2 heterocycles. The van der Waals surface area contributed by atoms with E-state index in [1.54, 1.807) is 0 Å². The Morgan fingerprint density at radius 2 is 0.682 bits per heavy atom. The minimum atomic E-state index is -0.872. The second-order valence-corrected chi connectivity index (χ2v) is 15.5. The van der Waals surface area contributed by atoms with Crippen LogP contribution in [0.1, 0.15) is 11.1 Å². The van der Waals surface area contributed by atoms with Gasteiger partial charge in [-0.15, -0.1) is 0 Å². The summed E-state index contributed by atoms with van der Waals surface area (Å²) in [5.41, 5.74) is 4.99. The van der Waals surface area contributed by atoms with Crippen LogP contribution >= 0.6 is 15.8 Å². The zero-order chi connectivity index (χ0) is 29.3. The van der Waals surface area contributed by atoms with Gasteiger partial charge in [0.2, 0.25) is 0 Å². The van der Waals surface area contributed by atoms with E-state index >= 15 is 0 Å². The summed E-state index contributed by atoms with van der Waals surface area (Å²) < 4.78 is 13.2. The lowest BCUT2D eigenvalue weighted by molar-refractivity contribution is 0.354. The van der Waals surface area contributed by atoms with Crippen LogP contribution in [0.3, 0.4) is 0 Å². The Kier molecular flexibility index (Phi) is 7.49. The maximum atomic E-state index is 6.61. The highest BCUT2D eigenvalue weighted by Crippen LogP contribution is 2.50. The van der Waals surface area contributed by atoms with Gasteiger partial charge in [0.25, 0.3) is 0 Å². The van der Waals surface area contributed by atoms with Crippen molar-refractivity contribution in [2.75, 3.05) is 13.2 Å². The molecule has 0 unspecified atom stereocenters. The molecule has 6 aromatic carbocycles. The summed E-state index contributed by atoms with van der Waals surface area (Å²) >= 11 is 0. The minimum absolute atomic E-state index is 0.706. The van der Waals surface area contributed by atoms with Crippen molar-refractivity contribution in [3.8, 4) is 22.6 Å². The molecule has 0 fully saturated rings. The average molecular weight is 607 g/mol. The smallest absolute Gasteiger partial charge is 0.131 e. The monoisotopic (exact) mass is 606 g/mol. The third kappa shape index (κ3) is 4.93. The summed E-state index contributed by atoms with van der Waals surface area (Å²) in [7, 11) is -1.74. The maximum Gasteiger partial charge on any atom is 0.131 e. The lowest BCUT2D eigenvalue weighted by atomic mass is 9.97. The molecule has 0 spiro atoms. The van der Waals surface area contributed by atoms with E-state index in [0.717, 1.165) is 24.3 Å². The van der Waals surface area contributed by atoms with Gasteiger partial charge in [-0.05, 0) is 58.8 Å². The van der Waals surface area contributed by atoms with Crippen LogP contribution in [0.5, 0.6) is 11.5 Å². The van der Waals surface area contributed by atoms with E-state index in [2.05, 4.69) is 146 Å². The van der Waals surface area contributed by atoms with Crippen LogP contribution < -0.4 is 41.3 Å². The fourth-order valence-electron chi connectivity index (χ4n) is 6.50. The Morgan fingerprint density at radius 3 is 1.00 bits per heavy atom. The Balaban J connectivity index is 1.46. The molecule has 0 N–H and O–H groups in total. The molecule has 8 rings (SSSR count). The van der Waals surface area contributed by atoms with E-state index < -0.39 is 15.8 Å². The summed E-state index contributed by atoms with van der Waals surface area (Å²) in [5, 5.41) is 7.96. The van der Waals surface area contributed by atoms with Gasteiger partial charge in [-0.3, -0.25) is 0 Å². The van der Waals surface area contributed by atoms with Crippen molar-refractivity contribution in [2.45, 2.75) is 12.8 Å². The van der Waals surface area contributed by atoms with E-state index in [9.17, 15) is 0 Å². The Bertz CT molecular complexity index is 1690. The third-order valence-electron chi connectivity index (χ3n) is 8.46. The predicted octanol–water partition coefficient (Wildman–Crippen LogP) is 6.74. The van der Waals surface area contributed by atoms with E-state index in [1.807, 2.05) is 0 Å². The topological polar surface area (TPSA) is 18.5 Å². The molecule has 0 aromatic heterocycles. The number of ether oxygens (including phenoxy) is 2. The quantitative estimate of drug-likeness (QED) is 0.188. The van der Waals surface area contributed by atoms with Crippen molar-refractivity contribution in [2.24, 2.45) is 0 Å². The van der Waals surface area contributed by atoms with Gasteiger partial charge in [0, 0.05) is 24.0 Å². The summed E-state index contributed by atoms with van der Waals surface area (Å²) in [4.78, 5) is 0. The number of fused-ring (bicyclic) bond motifs is 2. The third-order valence-corrected chi connectivity index (χ3v) is 13.4. The van der Waals surface area contributed by atoms with E-state index in [0.29, 0.717) is 13.2 Å². The predicted molar refractivity (Wildman–Crippen MR) is 188 cm³/mol. The fourth-order valence-corrected chi connectivity index (χ4v) is 11.4. The second-order valence-electron chi connectivity index (χ2n) is 11.1. The number of hydrogen-bond donors (Lipinski definition) is 0. The first kappa shape index (κ1) is 27.3. The Hall–Kier alpha value is -4.22. The molecular formula is C40H32O2P2. The Morgan fingerprint density at radius 1 is 0.364 bits per heavy atom. The first-order valence-corrected chi connectivity index (χ1v) is 17.9. The standard InChI is InChI=1S/C40H32O2P2/c1-5-13-31(14-6-1)43(32-15-7-2-8-16-32)35-23-21-29-25-27-41-39(29)37(35)38-36(24-22-30-26-28-42-40(30)38)44(33-17-9-3-10-18-33)34-19-11-4-12-20-34/h1-24H,25-28H2. The van der Waals surface area contributed by atoms with Crippen molar-refractivity contribution >= 4 is 47.7 Å². The van der Waals surface area contributed by atoms with Crippen LogP contribution in [0, 0.1) is 0 Å². The lowest BCUT2D eigenvalue weighted by Gasteiger charge is -2.28. The van der Waals surface area contributed by atoms with Gasteiger partial charge in [-0.2, -0.15) is 0 Å². The van der Waals surface area contributed by atoms with Crippen LogP contribution in [0.15, 0.2) is 146 Å². The molecule has 2 nitrogen and oxygen atoms in total. The van der Waals surface area contributed by atoms with Crippen molar-refractivity contribution in [3.63, 3.8) is 0 Å². The zero-order valence-electron chi connectivity index (χ0n) is 24.4. The van der Waals surface area contributed by atoms with Gasteiger partial charge < -0.3 is 9.47 Å². The molecule has 0 radical (unpaired) electrons. The summed E-state index contributed by atoms with van der Waals surface area (Å²) in [6.45, 7) is 1.41. The SMILES string of the molecule is c1ccc(P(c2ccccc2)c2ccc3c(c2-c2c(P(c4ccccc4)c4ccccc4)ccc4c2OCC4)OCC3)cc1. The van der Waals surface area contributed by atoms with E-state index in [-0.39, 0.29) is 0 Å². The Labute approximate surface area is 261 Å². The first-order chi connectivity index (χ1) is 21.9. The van der Waals surface area contributed by atoms with Crippen LogP contribution in [-0.4, -0.2) is 13.2 Å². The molecule has 6 aromatic rings. The molecule has 0 saturated heterocycles. The molecule has 2 aliphatic heterocycles. The average Bonchev–Trinajstić information content (AvgIpc) is 3.77. The molecule has 214 valence electrons. The largest absolute Gasteiger partial charge is 0.492 e. The second kappa shape index (κ2) is 12.0.